The van der Waals surface area contributed by atoms with Crippen molar-refractivity contribution in [1.29, 1.82) is 0 Å². The molecule has 1 aliphatic heterocycles. The average molecular weight is 310 g/mol. The monoisotopic (exact) mass is 310 g/mol. The number of benzene rings is 1. The lowest BCUT2D eigenvalue weighted by Gasteiger charge is -2.27. The van der Waals surface area contributed by atoms with Gasteiger partial charge in [-0.1, -0.05) is 6.07 Å². The number of aliphatic carboxylic acids is 1. The number of anilines is 1. The summed E-state index contributed by atoms with van der Waals surface area (Å²) in [5.74, 6) is -0.678. The molecule has 1 aromatic carbocycles. The van der Waals surface area contributed by atoms with E-state index in [1.807, 2.05) is 0 Å². The predicted octanol–water partition coefficient (Wildman–Crippen LogP) is 2.60. The fourth-order valence-electron chi connectivity index (χ4n) is 2.47. The van der Waals surface area contributed by atoms with Crippen LogP contribution in [0, 0.1) is 11.7 Å². The summed E-state index contributed by atoms with van der Waals surface area (Å²) in [5.41, 5.74) is 0.329. The molecule has 1 aromatic rings. The highest BCUT2D eigenvalue weighted by molar-refractivity contribution is 8.00. The van der Waals surface area contributed by atoms with E-state index < -0.39 is 23.9 Å². The maximum Gasteiger partial charge on any atom is 0.327 e. The Kier molecular flexibility index (Phi) is 3.75. The highest BCUT2D eigenvalue weighted by Gasteiger charge is 2.48. The van der Waals surface area contributed by atoms with E-state index >= 15 is 0 Å². The fraction of sp³-hybridized carbons (Fsp3) is 0.429. The second-order valence-corrected chi connectivity index (χ2v) is 6.41. The largest absolute Gasteiger partial charge is 0.480 e. The molecule has 0 bridgehead atoms. The standard InChI is InChI=1S/C14H15FN2O3S/c15-9-2-1-3-10(6-9)16-14(20)17-11(13(18)19)7-21-12(17)8-4-5-8/h1-3,6,8,11-12H,4-5,7H2,(H,16,20)(H,18,19). The van der Waals surface area contributed by atoms with Crippen LogP contribution >= 0.6 is 11.8 Å². The van der Waals surface area contributed by atoms with Crippen molar-refractivity contribution in [3.05, 3.63) is 30.1 Å². The minimum absolute atomic E-state index is 0.0975. The lowest BCUT2D eigenvalue weighted by atomic mass is 10.2. The van der Waals surface area contributed by atoms with Crippen LogP contribution in [0.15, 0.2) is 24.3 Å². The van der Waals surface area contributed by atoms with E-state index in [0.29, 0.717) is 17.4 Å². The zero-order chi connectivity index (χ0) is 15.0. The first-order chi connectivity index (χ1) is 10.1. The van der Waals surface area contributed by atoms with Crippen molar-refractivity contribution in [2.24, 2.45) is 5.92 Å². The summed E-state index contributed by atoms with van der Waals surface area (Å²) in [6, 6.07) is 4.27. The van der Waals surface area contributed by atoms with Gasteiger partial charge in [-0.3, -0.25) is 4.90 Å². The van der Waals surface area contributed by atoms with Crippen LogP contribution in [0.2, 0.25) is 0 Å². The Morgan fingerprint density at radius 2 is 2.14 bits per heavy atom. The highest BCUT2D eigenvalue weighted by atomic mass is 32.2. The Hall–Kier alpha value is -1.76. The molecule has 1 aliphatic carbocycles. The minimum atomic E-state index is -1.000. The lowest BCUT2D eigenvalue weighted by molar-refractivity contribution is -0.141. The molecule has 5 nitrogen and oxygen atoms in total. The molecule has 0 spiro atoms. The van der Waals surface area contributed by atoms with Gasteiger partial charge in [0.25, 0.3) is 0 Å². The van der Waals surface area contributed by atoms with Crippen LogP contribution in [0.1, 0.15) is 12.8 Å². The van der Waals surface area contributed by atoms with Crippen LogP contribution in [-0.2, 0) is 4.79 Å². The summed E-state index contributed by atoms with van der Waals surface area (Å²) in [6.07, 6.45) is 2.04. The topological polar surface area (TPSA) is 69.6 Å². The van der Waals surface area contributed by atoms with Crippen LogP contribution in [0.3, 0.4) is 0 Å². The molecule has 2 N–H and O–H groups in total. The predicted molar refractivity (Wildman–Crippen MR) is 77.7 cm³/mol. The maximum absolute atomic E-state index is 13.2. The molecule has 21 heavy (non-hydrogen) atoms. The molecule has 0 radical (unpaired) electrons. The number of thioether (sulfide) groups is 1. The molecule has 2 unspecified atom stereocenters. The number of urea groups is 1. The third-order valence-corrected chi connectivity index (χ3v) is 5.12. The van der Waals surface area contributed by atoms with Crippen molar-refractivity contribution in [2.75, 3.05) is 11.1 Å². The summed E-state index contributed by atoms with van der Waals surface area (Å²) in [7, 11) is 0. The lowest BCUT2D eigenvalue weighted by Crippen LogP contribution is -2.48. The highest BCUT2D eigenvalue weighted by Crippen LogP contribution is 2.45. The number of hydrogen-bond donors (Lipinski definition) is 2. The molecule has 1 heterocycles. The van der Waals surface area contributed by atoms with E-state index in [1.165, 1.54) is 34.9 Å². The van der Waals surface area contributed by atoms with E-state index in [1.54, 1.807) is 6.07 Å². The summed E-state index contributed by atoms with van der Waals surface area (Å²) < 4.78 is 13.2. The van der Waals surface area contributed by atoms with Gasteiger partial charge in [0.05, 0.1) is 5.37 Å². The van der Waals surface area contributed by atoms with Gasteiger partial charge in [0, 0.05) is 11.4 Å². The van der Waals surface area contributed by atoms with Crippen molar-refractivity contribution in [2.45, 2.75) is 24.3 Å². The average Bonchev–Trinajstić information content (AvgIpc) is 3.16. The Morgan fingerprint density at radius 3 is 2.76 bits per heavy atom. The summed E-state index contributed by atoms with van der Waals surface area (Å²) in [4.78, 5) is 25.1. The zero-order valence-electron chi connectivity index (χ0n) is 11.2. The minimum Gasteiger partial charge on any atom is -0.480 e. The number of carboxylic acid groups (broad SMARTS) is 1. The molecule has 2 aliphatic rings. The number of amides is 2. The van der Waals surface area contributed by atoms with Gasteiger partial charge in [0.1, 0.15) is 11.9 Å². The van der Waals surface area contributed by atoms with E-state index in [9.17, 15) is 19.1 Å². The van der Waals surface area contributed by atoms with Gasteiger partial charge in [-0.25, -0.2) is 14.0 Å². The van der Waals surface area contributed by atoms with Gasteiger partial charge in [-0.15, -0.1) is 11.8 Å². The number of carboxylic acids is 1. The molecule has 3 rings (SSSR count). The van der Waals surface area contributed by atoms with E-state index in [4.69, 9.17) is 0 Å². The molecular weight excluding hydrogens is 295 g/mol. The number of nitrogens with one attached hydrogen (secondary N) is 1. The molecule has 0 aromatic heterocycles. The van der Waals surface area contributed by atoms with E-state index in [0.717, 1.165) is 12.8 Å². The van der Waals surface area contributed by atoms with E-state index in [-0.39, 0.29) is 5.37 Å². The van der Waals surface area contributed by atoms with Crippen molar-refractivity contribution in [3.63, 3.8) is 0 Å². The van der Waals surface area contributed by atoms with Crippen molar-refractivity contribution in [1.82, 2.24) is 4.90 Å². The Balaban J connectivity index is 1.77. The fourth-order valence-corrected chi connectivity index (χ4v) is 4.10. The number of halogens is 1. The number of hydrogen-bond acceptors (Lipinski definition) is 3. The first kappa shape index (κ1) is 14.2. The second kappa shape index (κ2) is 5.55. The van der Waals surface area contributed by atoms with Crippen LogP contribution in [0.25, 0.3) is 0 Å². The smallest absolute Gasteiger partial charge is 0.327 e. The van der Waals surface area contributed by atoms with Gasteiger partial charge in [-0.2, -0.15) is 0 Å². The Bertz CT molecular complexity index is 579. The molecule has 1 saturated heterocycles. The number of carbonyl (C=O) groups excluding carboxylic acids is 1. The Morgan fingerprint density at radius 1 is 1.38 bits per heavy atom. The Labute approximate surface area is 125 Å². The van der Waals surface area contributed by atoms with Crippen molar-refractivity contribution >= 4 is 29.4 Å². The molecule has 2 fully saturated rings. The normalized spacial score (nSPS) is 24.9. The molecule has 112 valence electrons. The van der Waals surface area contributed by atoms with Crippen molar-refractivity contribution in [3.8, 4) is 0 Å². The first-order valence-electron chi connectivity index (χ1n) is 6.75. The number of carbonyl (C=O) groups is 2. The second-order valence-electron chi connectivity index (χ2n) is 5.26. The molecule has 7 heteroatoms. The van der Waals surface area contributed by atoms with Gasteiger partial charge in [0.2, 0.25) is 0 Å². The SMILES string of the molecule is O=C(O)C1CSC(C2CC2)N1C(=O)Nc1cccc(F)c1. The third-order valence-electron chi connectivity index (χ3n) is 3.66. The quantitative estimate of drug-likeness (QED) is 0.900. The molecular formula is C14H15FN2O3S. The van der Waals surface area contributed by atoms with E-state index in [2.05, 4.69) is 5.32 Å². The maximum atomic E-state index is 13.2. The molecule has 1 saturated carbocycles. The number of nitrogens with zero attached hydrogens (tertiary/aromatic N) is 1. The number of rotatable bonds is 3. The summed E-state index contributed by atoms with van der Waals surface area (Å²) in [6.45, 7) is 0. The third kappa shape index (κ3) is 2.97. The van der Waals surface area contributed by atoms with Crippen LogP contribution in [0.4, 0.5) is 14.9 Å². The van der Waals surface area contributed by atoms with Crippen LogP contribution < -0.4 is 5.32 Å². The van der Waals surface area contributed by atoms with Crippen LogP contribution in [0.5, 0.6) is 0 Å². The van der Waals surface area contributed by atoms with Crippen molar-refractivity contribution < 1.29 is 19.1 Å². The van der Waals surface area contributed by atoms with Crippen LogP contribution in [-0.4, -0.2) is 39.2 Å². The van der Waals surface area contributed by atoms with Gasteiger partial charge >= 0.3 is 12.0 Å². The summed E-state index contributed by atoms with van der Waals surface area (Å²) in [5, 5.41) is 11.8. The van der Waals surface area contributed by atoms with Gasteiger partial charge in [0.15, 0.2) is 0 Å². The molecule has 2 amide bonds. The first-order valence-corrected chi connectivity index (χ1v) is 7.80. The molecule has 2 atom stereocenters. The zero-order valence-corrected chi connectivity index (χ0v) is 12.0. The van der Waals surface area contributed by atoms with Gasteiger partial charge < -0.3 is 10.4 Å². The summed E-state index contributed by atoms with van der Waals surface area (Å²) >= 11 is 1.51. The van der Waals surface area contributed by atoms with Gasteiger partial charge in [-0.05, 0) is 37.0 Å².